The predicted octanol–water partition coefficient (Wildman–Crippen LogP) is 4.82. The fourth-order valence-electron chi connectivity index (χ4n) is 3.24. The van der Waals surface area contributed by atoms with Crippen molar-refractivity contribution in [1.82, 2.24) is 5.16 Å². The molecule has 0 atom stereocenters. The first-order valence-electron chi connectivity index (χ1n) is 10.5. The maximum atomic E-state index is 12.9. The molecule has 0 fully saturated rings. The second kappa shape index (κ2) is 9.80. The number of sulfonamides is 1. The molecule has 4 aromatic rings. The topological polar surface area (TPSA) is 102 Å². The molecule has 8 nitrogen and oxygen atoms in total. The van der Waals surface area contributed by atoms with Crippen LogP contribution in [0.1, 0.15) is 17.4 Å². The van der Waals surface area contributed by atoms with Gasteiger partial charge in [0.2, 0.25) is 0 Å². The van der Waals surface area contributed by atoms with E-state index in [1.165, 1.54) is 35.6 Å². The zero-order valence-corrected chi connectivity index (χ0v) is 19.5. The Morgan fingerprint density at radius 1 is 1.00 bits per heavy atom. The number of anilines is 2. The summed E-state index contributed by atoms with van der Waals surface area (Å²) < 4.78 is 37.7. The highest BCUT2D eigenvalue weighted by Crippen LogP contribution is 2.25. The first-order chi connectivity index (χ1) is 16.4. The van der Waals surface area contributed by atoms with Gasteiger partial charge in [-0.3, -0.25) is 9.10 Å². The number of nitrogens with one attached hydrogen (secondary N) is 1. The standard InChI is InChI=1S/C25H23N3O5S/c1-3-32-21-13-9-18(10-14-21)24-17-23(27-33-24)25(29)26-19-11-15-22(16-12-19)34(30,31)28(2)20-7-5-4-6-8-20/h4-17H,3H2,1-2H3,(H,26,29). The van der Waals surface area contributed by atoms with E-state index in [-0.39, 0.29) is 10.6 Å². The number of para-hydroxylation sites is 1. The van der Waals surface area contributed by atoms with Gasteiger partial charge in [0, 0.05) is 24.4 Å². The van der Waals surface area contributed by atoms with Gasteiger partial charge in [0.1, 0.15) is 5.75 Å². The fraction of sp³-hybridized carbons (Fsp3) is 0.120. The van der Waals surface area contributed by atoms with Gasteiger partial charge in [0.15, 0.2) is 11.5 Å². The van der Waals surface area contributed by atoms with E-state index in [4.69, 9.17) is 9.26 Å². The highest BCUT2D eigenvalue weighted by Gasteiger charge is 2.21. The number of ether oxygens (including phenoxy) is 1. The van der Waals surface area contributed by atoms with Crippen LogP contribution in [0.3, 0.4) is 0 Å². The van der Waals surface area contributed by atoms with Crippen LogP contribution in [0.4, 0.5) is 11.4 Å². The molecule has 0 unspecified atom stereocenters. The molecule has 0 radical (unpaired) electrons. The maximum Gasteiger partial charge on any atom is 0.277 e. The van der Waals surface area contributed by atoms with Gasteiger partial charge in [-0.1, -0.05) is 23.4 Å². The van der Waals surface area contributed by atoms with Crippen molar-refractivity contribution in [3.63, 3.8) is 0 Å². The maximum absolute atomic E-state index is 12.9. The number of hydrogen-bond acceptors (Lipinski definition) is 6. The van der Waals surface area contributed by atoms with Crippen LogP contribution in [0.25, 0.3) is 11.3 Å². The first kappa shape index (κ1) is 23.1. The summed E-state index contributed by atoms with van der Waals surface area (Å²) >= 11 is 0. The molecule has 34 heavy (non-hydrogen) atoms. The Bertz CT molecular complexity index is 1370. The lowest BCUT2D eigenvalue weighted by Gasteiger charge is -2.19. The van der Waals surface area contributed by atoms with Crippen LogP contribution < -0.4 is 14.4 Å². The van der Waals surface area contributed by atoms with E-state index in [9.17, 15) is 13.2 Å². The van der Waals surface area contributed by atoms with Crippen molar-refractivity contribution in [1.29, 1.82) is 0 Å². The molecule has 0 spiro atoms. The first-order valence-corrected chi connectivity index (χ1v) is 12.0. The summed E-state index contributed by atoms with van der Waals surface area (Å²) in [5, 5.41) is 6.54. The molecule has 174 valence electrons. The number of amides is 1. The van der Waals surface area contributed by atoms with E-state index in [2.05, 4.69) is 10.5 Å². The Morgan fingerprint density at radius 3 is 2.32 bits per heavy atom. The van der Waals surface area contributed by atoms with Crippen LogP contribution in [0.15, 0.2) is 94.3 Å². The van der Waals surface area contributed by atoms with E-state index >= 15 is 0 Å². The number of hydrogen-bond donors (Lipinski definition) is 1. The third-order valence-electron chi connectivity index (χ3n) is 5.08. The molecular formula is C25H23N3O5S. The number of carbonyl (C=O) groups is 1. The Hall–Kier alpha value is -4.11. The lowest BCUT2D eigenvalue weighted by Crippen LogP contribution is -2.26. The van der Waals surface area contributed by atoms with E-state index in [0.29, 0.717) is 23.7 Å². The molecule has 0 aliphatic carbocycles. The highest BCUT2D eigenvalue weighted by atomic mass is 32.2. The SMILES string of the molecule is CCOc1ccc(-c2cc(C(=O)Nc3ccc(S(=O)(=O)N(C)c4ccccc4)cc3)no2)cc1. The van der Waals surface area contributed by atoms with E-state index in [1.807, 2.05) is 37.3 Å². The van der Waals surface area contributed by atoms with Crippen molar-refractivity contribution in [2.75, 3.05) is 23.3 Å². The van der Waals surface area contributed by atoms with Crippen molar-refractivity contribution in [3.8, 4) is 17.1 Å². The lowest BCUT2D eigenvalue weighted by molar-refractivity contribution is 0.101. The van der Waals surface area contributed by atoms with Gasteiger partial charge in [-0.15, -0.1) is 0 Å². The largest absolute Gasteiger partial charge is 0.494 e. The smallest absolute Gasteiger partial charge is 0.277 e. The molecule has 0 saturated carbocycles. The summed E-state index contributed by atoms with van der Waals surface area (Å²) in [5.41, 5.74) is 1.84. The highest BCUT2D eigenvalue weighted by molar-refractivity contribution is 7.92. The minimum Gasteiger partial charge on any atom is -0.494 e. The van der Waals surface area contributed by atoms with Crippen LogP contribution >= 0.6 is 0 Å². The Kier molecular flexibility index (Phi) is 6.65. The molecule has 1 heterocycles. The zero-order chi connectivity index (χ0) is 24.1. The molecular weight excluding hydrogens is 454 g/mol. The number of rotatable bonds is 8. The van der Waals surface area contributed by atoms with Gasteiger partial charge in [0.25, 0.3) is 15.9 Å². The van der Waals surface area contributed by atoms with Crippen LogP contribution in [0, 0.1) is 0 Å². The summed E-state index contributed by atoms with van der Waals surface area (Å²) in [5.74, 6) is 0.709. The Balaban J connectivity index is 1.44. The fourth-order valence-corrected chi connectivity index (χ4v) is 4.44. The van der Waals surface area contributed by atoms with Crippen molar-refractivity contribution >= 4 is 27.3 Å². The normalized spacial score (nSPS) is 11.1. The molecule has 9 heteroatoms. The van der Waals surface area contributed by atoms with Gasteiger partial charge < -0.3 is 14.6 Å². The van der Waals surface area contributed by atoms with Crippen molar-refractivity contribution in [2.45, 2.75) is 11.8 Å². The summed E-state index contributed by atoms with van der Waals surface area (Å²) in [6, 6.07) is 23.5. The van der Waals surface area contributed by atoms with Gasteiger partial charge in [-0.05, 0) is 67.6 Å². The van der Waals surface area contributed by atoms with E-state index in [0.717, 1.165) is 11.3 Å². The quantitative estimate of drug-likeness (QED) is 0.390. The molecule has 0 aliphatic heterocycles. The molecule has 1 N–H and O–H groups in total. The minimum absolute atomic E-state index is 0.101. The summed E-state index contributed by atoms with van der Waals surface area (Å²) in [6.45, 7) is 2.48. The minimum atomic E-state index is -3.74. The van der Waals surface area contributed by atoms with Gasteiger partial charge >= 0.3 is 0 Å². The number of benzene rings is 3. The molecule has 0 aliphatic rings. The van der Waals surface area contributed by atoms with Gasteiger partial charge in [-0.2, -0.15) is 0 Å². The zero-order valence-electron chi connectivity index (χ0n) is 18.6. The van der Waals surface area contributed by atoms with Crippen LogP contribution in [-0.4, -0.2) is 33.1 Å². The summed E-state index contributed by atoms with van der Waals surface area (Å²) in [7, 11) is -2.25. The monoisotopic (exact) mass is 477 g/mol. The average molecular weight is 478 g/mol. The van der Waals surface area contributed by atoms with Crippen molar-refractivity contribution in [3.05, 3.63) is 90.6 Å². The molecule has 1 aromatic heterocycles. The lowest BCUT2D eigenvalue weighted by atomic mass is 10.1. The van der Waals surface area contributed by atoms with Crippen molar-refractivity contribution in [2.24, 2.45) is 0 Å². The van der Waals surface area contributed by atoms with Crippen LogP contribution in [-0.2, 0) is 10.0 Å². The van der Waals surface area contributed by atoms with E-state index in [1.54, 1.807) is 30.3 Å². The van der Waals surface area contributed by atoms with Crippen LogP contribution in [0.5, 0.6) is 5.75 Å². The third-order valence-corrected chi connectivity index (χ3v) is 6.88. The Labute approximate surface area is 197 Å². The predicted molar refractivity (Wildman–Crippen MR) is 130 cm³/mol. The molecule has 0 bridgehead atoms. The summed E-state index contributed by atoms with van der Waals surface area (Å²) in [6.07, 6.45) is 0. The summed E-state index contributed by atoms with van der Waals surface area (Å²) in [4.78, 5) is 12.7. The molecule has 4 rings (SSSR count). The van der Waals surface area contributed by atoms with Crippen molar-refractivity contribution < 1.29 is 22.5 Å². The Morgan fingerprint density at radius 2 is 1.68 bits per heavy atom. The number of aromatic nitrogens is 1. The van der Waals surface area contributed by atoms with E-state index < -0.39 is 15.9 Å². The molecule has 0 saturated heterocycles. The second-order valence-corrected chi connectivity index (χ2v) is 9.29. The molecule has 1 amide bonds. The number of nitrogens with zero attached hydrogens (tertiary/aromatic N) is 2. The molecule has 3 aromatic carbocycles. The van der Waals surface area contributed by atoms with Crippen LogP contribution in [0.2, 0.25) is 0 Å². The third kappa shape index (κ3) is 4.94. The van der Waals surface area contributed by atoms with Gasteiger partial charge in [0.05, 0.1) is 17.2 Å². The average Bonchev–Trinajstić information content (AvgIpc) is 3.36. The van der Waals surface area contributed by atoms with Gasteiger partial charge in [-0.25, -0.2) is 8.42 Å². The second-order valence-electron chi connectivity index (χ2n) is 7.32. The number of carbonyl (C=O) groups excluding carboxylic acids is 1.